The van der Waals surface area contributed by atoms with E-state index >= 15 is 0 Å². The highest BCUT2D eigenvalue weighted by Crippen LogP contribution is 2.29. The van der Waals surface area contributed by atoms with Gasteiger partial charge in [-0.05, 0) is 11.6 Å². The summed E-state index contributed by atoms with van der Waals surface area (Å²) in [6, 6.07) is 4.72. The number of amides is 2. The van der Waals surface area contributed by atoms with Gasteiger partial charge < -0.3 is 15.0 Å². The third kappa shape index (κ3) is 5.74. The van der Waals surface area contributed by atoms with E-state index in [1.807, 2.05) is 0 Å². The number of nitrogens with zero attached hydrogens (tertiary/aromatic N) is 1. The van der Waals surface area contributed by atoms with Crippen LogP contribution in [0.2, 0.25) is 0 Å². The standard InChI is InChI=1S/C17H21F3N2O3/c1-25-6-5-22-11-13(9-16(22)24)10-21-15(23)8-12-3-2-4-14(7-12)17(18,19)20/h2-4,7,13H,5-6,8-11H2,1H3,(H,21,23). The maximum atomic E-state index is 12.7. The Morgan fingerprint density at radius 1 is 1.40 bits per heavy atom. The van der Waals surface area contributed by atoms with Gasteiger partial charge in [0.25, 0.3) is 0 Å². The molecule has 0 saturated carbocycles. The Morgan fingerprint density at radius 3 is 2.84 bits per heavy atom. The minimum Gasteiger partial charge on any atom is -0.383 e. The van der Waals surface area contributed by atoms with E-state index in [0.717, 1.165) is 12.1 Å². The molecule has 1 saturated heterocycles. The maximum Gasteiger partial charge on any atom is 0.416 e. The van der Waals surface area contributed by atoms with E-state index in [0.29, 0.717) is 38.2 Å². The first-order valence-electron chi connectivity index (χ1n) is 7.99. The van der Waals surface area contributed by atoms with Gasteiger partial charge in [0.15, 0.2) is 0 Å². The van der Waals surface area contributed by atoms with Crippen LogP contribution in [0, 0.1) is 5.92 Å². The summed E-state index contributed by atoms with van der Waals surface area (Å²) < 4.78 is 43.0. The lowest BCUT2D eigenvalue weighted by molar-refractivity contribution is -0.137. The molecule has 0 spiro atoms. The molecular formula is C17H21F3N2O3. The summed E-state index contributed by atoms with van der Waals surface area (Å²) in [7, 11) is 1.56. The molecule has 1 aromatic carbocycles. The highest BCUT2D eigenvalue weighted by Gasteiger charge is 2.31. The number of hydrogen-bond donors (Lipinski definition) is 1. The summed E-state index contributed by atoms with van der Waals surface area (Å²) in [6.07, 6.45) is -4.20. The number of carbonyl (C=O) groups is 2. The van der Waals surface area contributed by atoms with Gasteiger partial charge in [-0.15, -0.1) is 0 Å². The van der Waals surface area contributed by atoms with Crippen LogP contribution < -0.4 is 5.32 Å². The molecule has 1 fully saturated rings. The zero-order valence-electron chi connectivity index (χ0n) is 13.9. The van der Waals surface area contributed by atoms with Gasteiger partial charge >= 0.3 is 6.18 Å². The van der Waals surface area contributed by atoms with Crippen LogP contribution in [0.1, 0.15) is 17.5 Å². The zero-order valence-corrected chi connectivity index (χ0v) is 13.9. The van der Waals surface area contributed by atoms with Crippen molar-refractivity contribution in [3.05, 3.63) is 35.4 Å². The summed E-state index contributed by atoms with van der Waals surface area (Å²) in [5.74, 6) is -0.328. The average molecular weight is 358 g/mol. The highest BCUT2D eigenvalue weighted by atomic mass is 19.4. The van der Waals surface area contributed by atoms with E-state index in [2.05, 4.69) is 5.32 Å². The number of rotatable bonds is 7. The summed E-state index contributed by atoms with van der Waals surface area (Å²) in [5.41, 5.74) is -0.468. The molecule has 1 N–H and O–H groups in total. The van der Waals surface area contributed by atoms with E-state index < -0.39 is 11.7 Å². The van der Waals surface area contributed by atoms with Crippen molar-refractivity contribution in [1.29, 1.82) is 0 Å². The lowest BCUT2D eigenvalue weighted by Gasteiger charge is -2.16. The smallest absolute Gasteiger partial charge is 0.383 e. The molecule has 0 aromatic heterocycles. The molecule has 1 aromatic rings. The number of likely N-dealkylation sites (tertiary alicyclic amines) is 1. The lowest BCUT2D eigenvalue weighted by Crippen LogP contribution is -2.33. The monoisotopic (exact) mass is 358 g/mol. The topological polar surface area (TPSA) is 58.6 Å². The number of alkyl halides is 3. The van der Waals surface area contributed by atoms with Gasteiger partial charge in [0.05, 0.1) is 18.6 Å². The fraction of sp³-hybridized carbons (Fsp3) is 0.529. The molecule has 2 rings (SSSR count). The first kappa shape index (κ1) is 19.2. The largest absolute Gasteiger partial charge is 0.416 e. The van der Waals surface area contributed by atoms with Crippen molar-refractivity contribution in [2.75, 3.05) is 33.4 Å². The SMILES string of the molecule is COCCN1CC(CNC(=O)Cc2cccc(C(F)(F)F)c2)CC1=O. The first-order valence-corrected chi connectivity index (χ1v) is 7.99. The van der Waals surface area contributed by atoms with E-state index in [1.54, 1.807) is 12.0 Å². The predicted octanol–water partition coefficient (Wildman–Crippen LogP) is 1.86. The van der Waals surface area contributed by atoms with Crippen molar-refractivity contribution in [2.45, 2.75) is 19.0 Å². The second kappa shape index (κ2) is 8.33. The van der Waals surface area contributed by atoms with Gasteiger partial charge in [0, 0.05) is 39.1 Å². The van der Waals surface area contributed by atoms with Crippen molar-refractivity contribution >= 4 is 11.8 Å². The number of benzene rings is 1. The number of hydrogen-bond acceptors (Lipinski definition) is 3. The summed E-state index contributed by atoms with van der Waals surface area (Å²) in [6.45, 7) is 1.85. The van der Waals surface area contributed by atoms with E-state index in [-0.39, 0.29) is 24.2 Å². The second-order valence-electron chi connectivity index (χ2n) is 6.08. The van der Waals surface area contributed by atoms with Crippen molar-refractivity contribution in [3.8, 4) is 0 Å². The normalized spacial score (nSPS) is 17.8. The Bertz CT molecular complexity index is 619. The number of nitrogens with one attached hydrogen (secondary N) is 1. The fourth-order valence-electron chi connectivity index (χ4n) is 2.77. The molecule has 1 unspecified atom stereocenters. The van der Waals surface area contributed by atoms with Gasteiger partial charge in [-0.25, -0.2) is 0 Å². The maximum absolute atomic E-state index is 12.7. The molecule has 0 bridgehead atoms. The van der Waals surface area contributed by atoms with Crippen molar-refractivity contribution < 1.29 is 27.5 Å². The quantitative estimate of drug-likeness (QED) is 0.809. The van der Waals surface area contributed by atoms with Crippen LogP contribution in [0.3, 0.4) is 0 Å². The zero-order chi connectivity index (χ0) is 18.4. The molecule has 2 amide bonds. The van der Waals surface area contributed by atoms with Gasteiger partial charge in [-0.2, -0.15) is 13.2 Å². The van der Waals surface area contributed by atoms with Crippen LogP contribution in [0.5, 0.6) is 0 Å². The fourth-order valence-corrected chi connectivity index (χ4v) is 2.77. The third-order valence-electron chi connectivity index (χ3n) is 4.07. The van der Waals surface area contributed by atoms with Crippen LogP contribution in [0.15, 0.2) is 24.3 Å². The number of ether oxygens (including phenoxy) is 1. The molecule has 1 aliphatic rings. The number of carbonyl (C=O) groups excluding carboxylic acids is 2. The second-order valence-corrected chi connectivity index (χ2v) is 6.08. The summed E-state index contributed by atoms with van der Waals surface area (Å²) in [4.78, 5) is 25.5. The average Bonchev–Trinajstić information content (AvgIpc) is 2.90. The number of halogens is 3. The molecule has 0 radical (unpaired) electrons. The molecule has 1 aliphatic heterocycles. The molecular weight excluding hydrogens is 337 g/mol. The Balaban J connectivity index is 1.81. The summed E-state index contributed by atoms with van der Waals surface area (Å²) in [5, 5.41) is 2.70. The van der Waals surface area contributed by atoms with Gasteiger partial charge in [-0.1, -0.05) is 18.2 Å². The third-order valence-corrected chi connectivity index (χ3v) is 4.07. The molecule has 0 aliphatic carbocycles. The molecule has 138 valence electrons. The van der Waals surface area contributed by atoms with E-state index in [1.165, 1.54) is 12.1 Å². The van der Waals surface area contributed by atoms with Crippen LogP contribution in [0.25, 0.3) is 0 Å². The first-order chi connectivity index (χ1) is 11.8. The lowest BCUT2D eigenvalue weighted by atomic mass is 10.1. The van der Waals surface area contributed by atoms with Crippen LogP contribution in [0.4, 0.5) is 13.2 Å². The van der Waals surface area contributed by atoms with E-state index in [4.69, 9.17) is 4.74 Å². The molecule has 5 nitrogen and oxygen atoms in total. The highest BCUT2D eigenvalue weighted by molar-refractivity contribution is 5.80. The van der Waals surface area contributed by atoms with Gasteiger partial charge in [0.1, 0.15) is 0 Å². The van der Waals surface area contributed by atoms with E-state index in [9.17, 15) is 22.8 Å². The van der Waals surface area contributed by atoms with Crippen LogP contribution in [-0.2, 0) is 26.9 Å². The molecule has 1 atom stereocenters. The van der Waals surface area contributed by atoms with Crippen molar-refractivity contribution in [3.63, 3.8) is 0 Å². The van der Waals surface area contributed by atoms with Crippen LogP contribution >= 0.6 is 0 Å². The molecule has 8 heteroatoms. The Kier molecular flexibility index (Phi) is 6.41. The van der Waals surface area contributed by atoms with Gasteiger partial charge in [-0.3, -0.25) is 9.59 Å². The Morgan fingerprint density at radius 2 is 2.16 bits per heavy atom. The Hall–Kier alpha value is -2.09. The van der Waals surface area contributed by atoms with Crippen LogP contribution in [-0.4, -0.2) is 50.1 Å². The van der Waals surface area contributed by atoms with Crippen molar-refractivity contribution in [1.82, 2.24) is 10.2 Å². The minimum atomic E-state index is -4.43. The predicted molar refractivity (Wildman–Crippen MR) is 84.7 cm³/mol. The molecule has 1 heterocycles. The molecule has 25 heavy (non-hydrogen) atoms. The summed E-state index contributed by atoms with van der Waals surface area (Å²) >= 11 is 0. The number of methoxy groups -OCH3 is 1. The minimum absolute atomic E-state index is 0.00909. The Labute approximate surface area is 144 Å². The van der Waals surface area contributed by atoms with Crippen molar-refractivity contribution in [2.24, 2.45) is 5.92 Å². The van der Waals surface area contributed by atoms with Gasteiger partial charge in [0.2, 0.25) is 11.8 Å².